The highest BCUT2D eigenvalue weighted by atomic mass is 16.2. The molecule has 1 atom stereocenters. The second-order valence-electron chi connectivity index (χ2n) is 7.74. The standard InChI is InChI=1S/C19H25N7O2/c1-23-17(14(11-20)18(27)24(2)19(23)28)25-9-6-7-13(12-25)16-22-21-15-8-4-3-5-10-26(15)16/h13H,3-10,12H2,1-2H3. The summed E-state index contributed by atoms with van der Waals surface area (Å²) in [6.45, 7) is 2.27. The Bertz CT molecular complexity index is 1060. The second-order valence-corrected chi connectivity index (χ2v) is 7.74. The van der Waals surface area contributed by atoms with E-state index >= 15 is 0 Å². The monoisotopic (exact) mass is 383 g/mol. The molecule has 0 amide bonds. The van der Waals surface area contributed by atoms with Gasteiger partial charge in [-0.3, -0.25) is 13.9 Å². The third-order valence-electron chi connectivity index (χ3n) is 5.97. The van der Waals surface area contributed by atoms with Crippen LogP contribution in [0.4, 0.5) is 5.82 Å². The fourth-order valence-electron chi connectivity index (χ4n) is 4.49. The van der Waals surface area contributed by atoms with Gasteiger partial charge in [-0.1, -0.05) is 6.42 Å². The molecule has 9 heteroatoms. The SMILES string of the molecule is Cn1c(N2CCCC(c3nnc4n3CCCCC4)C2)c(C#N)c(=O)n(C)c1=O. The van der Waals surface area contributed by atoms with Crippen LogP contribution in [0.3, 0.4) is 0 Å². The predicted octanol–water partition coefficient (Wildman–Crippen LogP) is 0.658. The maximum absolute atomic E-state index is 12.5. The molecule has 2 aromatic rings. The van der Waals surface area contributed by atoms with Crippen molar-refractivity contribution in [1.29, 1.82) is 5.26 Å². The Kier molecular flexibility index (Phi) is 4.79. The first kappa shape index (κ1) is 18.5. The maximum Gasteiger partial charge on any atom is 0.332 e. The second kappa shape index (κ2) is 7.26. The lowest BCUT2D eigenvalue weighted by molar-refractivity contribution is 0.458. The lowest BCUT2D eigenvalue weighted by Gasteiger charge is -2.35. The number of hydrogen-bond acceptors (Lipinski definition) is 6. The third-order valence-corrected chi connectivity index (χ3v) is 5.97. The molecule has 28 heavy (non-hydrogen) atoms. The molecule has 1 saturated heterocycles. The minimum Gasteiger partial charge on any atom is -0.356 e. The van der Waals surface area contributed by atoms with Gasteiger partial charge in [0.25, 0.3) is 5.56 Å². The first-order chi connectivity index (χ1) is 13.5. The summed E-state index contributed by atoms with van der Waals surface area (Å²) in [5.74, 6) is 2.63. The van der Waals surface area contributed by atoms with Crippen LogP contribution in [0.2, 0.25) is 0 Å². The molecule has 0 radical (unpaired) electrons. The number of nitrogens with zero attached hydrogens (tertiary/aromatic N) is 7. The topological polar surface area (TPSA) is 102 Å². The van der Waals surface area contributed by atoms with Gasteiger partial charge in [0.05, 0.1) is 0 Å². The summed E-state index contributed by atoms with van der Waals surface area (Å²) in [5, 5.41) is 18.5. The van der Waals surface area contributed by atoms with Gasteiger partial charge in [-0.2, -0.15) is 5.26 Å². The summed E-state index contributed by atoms with van der Waals surface area (Å²) in [7, 11) is 3.02. The number of rotatable bonds is 2. The van der Waals surface area contributed by atoms with E-state index in [0.29, 0.717) is 18.9 Å². The molecule has 0 N–H and O–H groups in total. The quantitative estimate of drug-likeness (QED) is 0.755. The summed E-state index contributed by atoms with van der Waals surface area (Å²) in [4.78, 5) is 26.9. The van der Waals surface area contributed by atoms with Gasteiger partial charge in [0.15, 0.2) is 5.56 Å². The number of aryl methyl sites for hydroxylation is 1. The lowest BCUT2D eigenvalue weighted by atomic mass is 9.96. The highest BCUT2D eigenvalue weighted by Gasteiger charge is 2.30. The van der Waals surface area contributed by atoms with Crippen molar-refractivity contribution < 1.29 is 0 Å². The third kappa shape index (κ3) is 2.93. The Morgan fingerprint density at radius 3 is 2.64 bits per heavy atom. The van der Waals surface area contributed by atoms with E-state index in [2.05, 4.69) is 14.8 Å². The van der Waals surface area contributed by atoms with Gasteiger partial charge in [0.1, 0.15) is 23.5 Å². The molecule has 1 unspecified atom stereocenters. The Morgan fingerprint density at radius 1 is 1.04 bits per heavy atom. The fourth-order valence-corrected chi connectivity index (χ4v) is 4.49. The van der Waals surface area contributed by atoms with E-state index in [1.165, 1.54) is 18.0 Å². The molecule has 0 aliphatic carbocycles. The first-order valence-corrected chi connectivity index (χ1v) is 9.90. The molecule has 148 valence electrons. The van der Waals surface area contributed by atoms with Gasteiger partial charge in [0, 0.05) is 46.1 Å². The van der Waals surface area contributed by atoms with Gasteiger partial charge in [0.2, 0.25) is 0 Å². The molecule has 9 nitrogen and oxygen atoms in total. The highest BCUT2D eigenvalue weighted by molar-refractivity contribution is 5.54. The number of piperidine rings is 1. The largest absolute Gasteiger partial charge is 0.356 e. The van der Waals surface area contributed by atoms with Crippen LogP contribution in [0.25, 0.3) is 0 Å². The molecule has 2 aromatic heterocycles. The van der Waals surface area contributed by atoms with Crippen LogP contribution in [-0.4, -0.2) is 37.0 Å². The summed E-state index contributed by atoms with van der Waals surface area (Å²) in [6.07, 6.45) is 6.34. The Morgan fingerprint density at radius 2 is 1.86 bits per heavy atom. The number of nitriles is 1. The number of hydrogen-bond donors (Lipinski definition) is 0. The van der Waals surface area contributed by atoms with E-state index in [1.54, 1.807) is 7.05 Å². The van der Waals surface area contributed by atoms with Crippen molar-refractivity contribution in [3.8, 4) is 6.07 Å². The zero-order valence-electron chi connectivity index (χ0n) is 16.4. The summed E-state index contributed by atoms with van der Waals surface area (Å²) < 4.78 is 4.66. The van der Waals surface area contributed by atoms with Crippen LogP contribution >= 0.6 is 0 Å². The van der Waals surface area contributed by atoms with Gasteiger partial charge in [-0.15, -0.1) is 10.2 Å². The van der Waals surface area contributed by atoms with Crippen molar-refractivity contribution in [2.45, 2.75) is 51.0 Å². The van der Waals surface area contributed by atoms with Crippen LogP contribution < -0.4 is 16.1 Å². The highest BCUT2D eigenvalue weighted by Crippen LogP contribution is 2.30. The molecule has 0 spiro atoms. The zero-order valence-corrected chi connectivity index (χ0v) is 16.4. The average molecular weight is 383 g/mol. The summed E-state index contributed by atoms with van der Waals surface area (Å²) in [6, 6.07) is 2.01. The summed E-state index contributed by atoms with van der Waals surface area (Å²) in [5.41, 5.74) is -0.943. The molecule has 0 saturated carbocycles. The lowest BCUT2D eigenvalue weighted by Crippen LogP contribution is -2.45. The van der Waals surface area contributed by atoms with Crippen molar-refractivity contribution >= 4 is 5.82 Å². The van der Waals surface area contributed by atoms with Gasteiger partial charge in [-0.05, 0) is 25.7 Å². The smallest absolute Gasteiger partial charge is 0.332 e. The summed E-state index contributed by atoms with van der Waals surface area (Å²) >= 11 is 0. The van der Waals surface area contributed by atoms with E-state index in [-0.39, 0.29) is 11.5 Å². The van der Waals surface area contributed by atoms with Gasteiger partial charge in [-0.25, -0.2) is 4.79 Å². The maximum atomic E-state index is 12.5. The van der Waals surface area contributed by atoms with Crippen LogP contribution in [0.5, 0.6) is 0 Å². The minimum atomic E-state index is -0.543. The normalized spacial score (nSPS) is 19.8. The van der Waals surface area contributed by atoms with E-state index in [1.807, 2.05) is 11.0 Å². The number of anilines is 1. The average Bonchev–Trinajstić information content (AvgIpc) is 2.97. The Hall–Kier alpha value is -2.89. The van der Waals surface area contributed by atoms with Crippen molar-refractivity contribution in [3.63, 3.8) is 0 Å². The van der Waals surface area contributed by atoms with Crippen molar-refractivity contribution in [3.05, 3.63) is 38.1 Å². The molecule has 0 aromatic carbocycles. The van der Waals surface area contributed by atoms with Crippen LogP contribution in [0, 0.1) is 11.3 Å². The molecule has 1 fully saturated rings. The minimum absolute atomic E-state index is 0.0188. The van der Waals surface area contributed by atoms with E-state index in [9.17, 15) is 14.9 Å². The predicted molar refractivity (Wildman–Crippen MR) is 103 cm³/mol. The van der Waals surface area contributed by atoms with E-state index in [0.717, 1.165) is 54.9 Å². The molecule has 4 heterocycles. The number of aromatic nitrogens is 5. The Balaban J connectivity index is 1.72. The molecule has 2 aliphatic heterocycles. The first-order valence-electron chi connectivity index (χ1n) is 9.90. The van der Waals surface area contributed by atoms with E-state index in [4.69, 9.17) is 0 Å². The van der Waals surface area contributed by atoms with Crippen LogP contribution in [0.1, 0.15) is 55.2 Å². The van der Waals surface area contributed by atoms with Crippen molar-refractivity contribution in [1.82, 2.24) is 23.9 Å². The molecule has 4 rings (SSSR count). The molecular weight excluding hydrogens is 358 g/mol. The van der Waals surface area contributed by atoms with Gasteiger partial charge < -0.3 is 9.47 Å². The van der Waals surface area contributed by atoms with Crippen molar-refractivity contribution in [2.24, 2.45) is 14.1 Å². The number of fused-ring (bicyclic) bond motifs is 1. The van der Waals surface area contributed by atoms with Crippen LogP contribution in [-0.2, 0) is 27.1 Å². The zero-order chi connectivity index (χ0) is 19.8. The molecule has 2 aliphatic rings. The molecular formula is C19H25N7O2. The molecule has 0 bridgehead atoms. The fraction of sp³-hybridized carbons (Fsp3) is 0.632. The van der Waals surface area contributed by atoms with Gasteiger partial charge >= 0.3 is 5.69 Å². The van der Waals surface area contributed by atoms with E-state index < -0.39 is 11.2 Å². The Labute approximate surface area is 162 Å². The van der Waals surface area contributed by atoms with Crippen molar-refractivity contribution in [2.75, 3.05) is 18.0 Å². The van der Waals surface area contributed by atoms with Crippen LogP contribution in [0.15, 0.2) is 9.59 Å².